The molecule has 0 bridgehead atoms. The van der Waals surface area contributed by atoms with Crippen LogP contribution in [0, 0.1) is 0 Å². The highest BCUT2D eigenvalue weighted by Crippen LogP contribution is 2.35. The van der Waals surface area contributed by atoms with E-state index in [2.05, 4.69) is 11.5 Å². The maximum atomic E-state index is 11.7. The lowest BCUT2D eigenvalue weighted by Gasteiger charge is -2.01. The van der Waals surface area contributed by atoms with Crippen LogP contribution in [-0.4, -0.2) is 5.91 Å². The fraction of sp³-hybridized carbons (Fsp3) is 0. The molecule has 3 aromatic rings. The summed E-state index contributed by atoms with van der Waals surface area (Å²) in [6.07, 6.45) is 0. The summed E-state index contributed by atoms with van der Waals surface area (Å²) in [5, 5.41) is 2.09. The summed E-state index contributed by atoms with van der Waals surface area (Å²) in [6, 6.07) is 13.8. The Hall–Kier alpha value is -1.91. The van der Waals surface area contributed by atoms with Gasteiger partial charge in [-0.15, -0.1) is 11.3 Å². The third-order valence-corrected chi connectivity index (χ3v) is 3.91. The molecule has 1 heterocycles. The molecule has 2 aromatic carbocycles. The number of rotatable bonds is 1. The summed E-state index contributed by atoms with van der Waals surface area (Å²) < 4.78 is 2.28. The Kier molecular flexibility index (Phi) is 2.31. The summed E-state index contributed by atoms with van der Waals surface area (Å²) in [6.45, 7) is 0. The topological polar surface area (TPSA) is 55.1 Å². The highest BCUT2D eigenvalue weighted by molar-refractivity contribution is 7.25. The van der Waals surface area contributed by atoms with Gasteiger partial charge in [-0.1, -0.05) is 24.3 Å². The predicted octanol–water partition coefficient (Wildman–Crippen LogP) is 2.66. The van der Waals surface area contributed by atoms with Crippen LogP contribution in [0.4, 0.5) is 0 Å². The van der Waals surface area contributed by atoms with E-state index in [9.17, 15) is 4.79 Å². The fourth-order valence-electron chi connectivity index (χ4n) is 2.04. The van der Waals surface area contributed by atoms with Crippen LogP contribution >= 0.6 is 11.3 Å². The van der Waals surface area contributed by atoms with Gasteiger partial charge in [-0.2, -0.15) is 0 Å². The molecule has 3 N–H and O–H groups in total. The van der Waals surface area contributed by atoms with Crippen molar-refractivity contribution in [1.82, 2.24) is 5.43 Å². The molecule has 17 heavy (non-hydrogen) atoms. The lowest BCUT2D eigenvalue weighted by Crippen LogP contribution is -2.30. The van der Waals surface area contributed by atoms with Crippen LogP contribution in [0.3, 0.4) is 0 Å². The van der Waals surface area contributed by atoms with Crippen molar-refractivity contribution in [3.8, 4) is 0 Å². The summed E-state index contributed by atoms with van der Waals surface area (Å²) in [5.74, 6) is 4.96. The molecule has 0 saturated carbocycles. The highest BCUT2D eigenvalue weighted by Gasteiger charge is 2.13. The maximum absolute atomic E-state index is 11.7. The number of amides is 1. The molecule has 3 nitrogen and oxygen atoms in total. The first-order valence-corrected chi connectivity index (χ1v) is 6.04. The van der Waals surface area contributed by atoms with Gasteiger partial charge in [0.1, 0.15) is 0 Å². The molecule has 0 aliphatic heterocycles. The van der Waals surface area contributed by atoms with Crippen molar-refractivity contribution < 1.29 is 4.79 Å². The molecule has 3 rings (SSSR count). The van der Waals surface area contributed by atoms with E-state index in [1.165, 1.54) is 4.70 Å². The molecule has 0 unspecified atom stereocenters. The van der Waals surface area contributed by atoms with Gasteiger partial charge in [0.25, 0.3) is 5.91 Å². The molecule has 0 saturated heterocycles. The summed E-state index contributed by atoms with van der Waals surface area (Å²) in [7, 11) is 0. The number of benzene rings is 2. The first kappa shape index (κ1) is 10.3. The third kappa shape index (κ3) is 1.50. The Labute approximate surface area is 102 Å². The van der Waals surface area contributed by atoms with E-state index in [0.717, 1.165) is 15.5 Å². The number of nitrogens with two attached hydrogens (primary N) is 1. The number of hydrogen-bond acceptors (Lipinski definition) is 3. The molecule has 0 aliphatic rings. The number of carbonyl (C=O) groups excluding carboxylic acids is 1. The van der Waals surface area contributed by atoms with Crippen LogP contribution < -0.4 is 11.3 Å². The second-order valence-electron chi connectivity index (χ2n) is 3.75. The van der Waals surface area contributed by atoms with Crippen molar-refractivity contribution in [2.75, 3.05) is 0 Å². The normalized spacial score (nSPS) is 10.9. The van der Waals surface area contributed by atoms with Crippen molar-refractivity contribution in [3.63, 3.8) is 0 Å². The Morgan fingerprint density at radius 1 is 1.06 bits per heavy atom. The first-order valence-electron chi connectivity index (χ1n) is 5.22. The minimum Gasteiger partial charge on any atom is -0.290 e. The summed E-state index contributed by atoms with van der Waals surface area (Å²) in [4.78, 5) is 11.7. The van der Waals surface area contributed by atoms with Gasteiger partial charge in [0.15, 0.2) is 0 Å². The zero-order valence-corrected chi connectivity index (χ0v) is 9.75. The first-order chi connectivity index (χ1) is 8.31. The van der Waals surface area contributed by atoms with E-state index in [1.54, 1.807) is 17.4 Å². The quantitative estimate of drug-likeness (QED) is 0.391. The van der Waals surface area contributed by atoms with E-state index < -0.39 is 0 Å². The zero-order chi connectivity index (χ0) is 11.8. The van der Waals surface area contributed by atoms with Crippen molar-refractivity contribution in [3.05, 3.63) is 48.0 Å². The zero-order valence-electron chi connectivity index (χ0n) is 8.94. The fourth-order valence-corrected chi connectivity index (χ4v) is 3.17. The number of hydrogen-bond donors (Lipinski definition) is 2. The van der Waals surface area contributed by atoms with E-state index in [-0.39, 0.29) is 5.91 Å². The van der Waals surface area contributed by atoms with Crippen molar-refractivity contribution in [1.29, 1.82) is 0 Å². The lowest BCUT2D eigenvalue weighted by molar-refractivity contribution is 0.0955. The third-order valence-electron chi connectivity index (χ3n) is 2.78. The lowest BCUT2D eigenvalue weighted by atomic mass is 10.1. The van der Waals surface area contributed by atoms with E-state index in [0.29, 0.717) is 5.56 Å². The van der Waals surface area contributed by atoms with Crippen LogP contribution in [0.2, 0.25) is 0 Å². The molecule has 4 heteroatoms. The molecule has 84 valence electrons. The molecule has 0 aliphatic carbocycles. The monoisotopic (exact) mass is 242 g/mol. The standard InChI is InChI=1S/C13H10N2OS/c14-15-13(16)9-5-3-7-11-12(9)8-4-1-2-6-10(8)17-11/h1-7H,14H2,(H,15,16). The Morgan fingerprint density at radius 2 is 1.82 bits per heavy atom. The Balaban J connectivity index is 2.47. The average Bonchev–Trinajstić information content (AvgIpc) is 2.76. The second-order valence-corrected chi connectivity index (χ2v) is 4.83. The van der Waals surface area contributed by atoms with Gasteiger partial charge in [0.05, 0.1) is 0 Å². The number of carbonyl (C=O) groups is 1. The molecule has 1 aromatic heterocycles. The van der Waals surface area contributed by atoms with Crippen LogP contribution in [0.1, 0.15) is 10.4 Å². The minimum absolute atomic E-state index is 0.251. The Morgan fingerprint density at radius 3 is 2.65 bits per heavy atom. The van der Waals surface area contributed by atoms with Gasteiger partial charge >= 0.3 is 0 Å². The van der Waals surface area contributed by atoms with Gasteiger partial charge in [0.2, 0.25) is 0 Å². The molecule has 0 fully saturated rings. The number of hydrazine groups is 1. The SMILES string of the molecule is NNC(=O)c1cccc2sc3ccccc3c12. The molecular formula is C13H10N2OS. The Bertz CT molecular complexity index is 718. The van der Waals surface area contributed by atoms with Crippen molar-refractivity contribution in [2.45, 2.75) is 0 Å². The highest BCUT2D eigenvalue weighted by atomic mass is 32.1. The number of thiophene rings is 1. The molecule has 1 amide bonds. The van der Waals surface area contributed by atoms with Gasteiger partial charge in [-0.25, -0.2) is 5.84 Å². The minimum atomic E-state index is -0.251. The second kappa shape index (κ2) is 3.84. The van der Waals surface area contributed by atoms with Crippen molar-refractivity contribution in [2.24, 2.45) is 5.84 Å². The summed E-state index contributed by atoms with van der Waals surface area (Å²) in [5.41, 5.74) is 2.82. The van der Waals surface area contributed by atoms with E-state index in [4.69, 9.17) is 5.84 Å². The predicted molar refractivity (Wildman–Crippen MR) is 71.0 cm³/mol. The van der Waals surface area contributed by atoms with Gasteiger partial charge < -0.3 is 0 Å². The smallest absolute Gasteiger partial charge is 0.265 e. The van der Waals surface area contributed by atoms with E-state index >= 15 is 0 Å². The largest absolute Gasteiger partial charge is 0.290 e. The number of fused-ring (bicyclic) bond motifs is 3. The molecule has 0 atom stereocenters. The van der Waals surface area contributed by atoms with Crippen LogP contribution in [0.25, 0.3) is 20.2 Å². The number of nitrogen functional groups attached to an aromatic ring is 1. The number of nitrogens with one attached hydrogen (secondary N) is 1. The molecular weight excluding hydrogens is 232 g/mol. The van der Waals surface area contributed by atoms with Crippen LogP contribution in [0.5, 0.6) is 0 Å². The van der Waals surface area contributed by atoms with Crippen LogP contribution in [0.15, 0.2) is 42.5 Å². The van der Waals surface area contributed by atoms with Crippen LogP contribution in [-0.2, 0) is 0 Å². The van der Waals surface area contributed by atoms with Gasteiger partial charge in [-0.3, -0.25) is 10.2 Å². The van der Waals surface area contributed by atoms with E-state index in [1.807, 2.05) is 30.3 Å². The molecule has 0 spiro atoms. The summed E-state index contributed by atoms with van der Waals surface area (Å²) >= 11 is 1.68. The molecule has 0 radical (unpaired) electrons. The van der Waals surface area contributed by atoms with Gasteiger partial charge in [0, 0.05) is 25.7 Å². The van der Waals surface area contributed by atoms with Gasteiger partial charge in [-0.05, 0) is 18.2 Å². The average molecular weight is 242 g/mol. The maximum Gasteiger partial charge on any atom is 0.265 e. The van der Waals surface area contributed by atoms with Crippen molar-refractivity contribution >= 4 is 37.4 Å².